The first-order valence-corrected chi connectivity index (χ1v) is 7.68. The summed E-state index contributed by atoms with van der Waals surface area (Å²) in [5.74, 6) is -1.24. The molecule has 3 nitrogen and oxygen atoms in total. The normalized spacial score (nSPS) is 10.3. The second kappa shape index (κ2) is 7.79. The largest absolute Gasteiger partial charge is 0.494 e. The molecule has 2 aromatic rings. The molecule has 0 saturated carbocycles. The molecule has 2 aromatic carbocycles. The van der Waals surface area contributed by atoms with E-state index in [-0.39, 0.29) is 5.75 Å². The molecule has 0 radical (unpaired) electrons. The number of anilines is 1. The second-order valence-electron chi connectivity index (χ2n) is 4.34. The number of halogens is 2. The van der Waals surface area contributed by atoms with Crippen LogP contribution < -0.4 is 10.1 Å². The molecule has 2 rings (SSSR count). The van der Waals surface area contributed by atoms with Crippen molar-refractivity contribution in [2.45, 2.75) is 11.8 Å². The highest BCUT2D eigenvalue weighted by Gasteiger charge is 2.12. The van der Waals surface area contributed by atoms with Gasteiger partial charge in [-0.1, -0.05) is 6.07 Å². The molecule has 0 aliphatic rings. The van der Waals surface area contributed by atoms with E-state index in [9.17, 15) is 13.6 Å². The number of nitrogens with one attached hydrogen (secondary N) is 1. The fourth-order valence-electron chi connectivity index (χ4n) is 1.74. The molecule has 0 heterocycles. The van der Waals surface area contributed by atoms with Crippen LogP contribution >= 0.6 is 11.8 Å². The van der Waals surface area contributed by atoms with E-state index in [2.05, 4.69) is 5.32 Å². The van der Waals surface area contributed by atoms with E-state index in [1.54, 1.807) is 12.1 Å². The number of carbonyl (C=O) groups is 1. The molecule has 0 spiro atoms. The molecule has 0 aliphatic carbocycles. The zero-order chi connectivity index (χ0) is 15.9. The molecule has 0 atom stereocenters. The summed E-state index contributed by atoms with van der Waals surface area (Å²) in [4.78, 5) is 12.6. The quantitative estimate of drug-likeness (QED) is 0.814. The summed E-state index contributed by atoms with van der Waals surface area (Å²) in [5.41, 5.74) is -0.417. The molecule has 0 saturated heterocycles. The molecular weight excluding hydrogens is 308 g/mol. The maximum Gasteiger partial charge on any atom is 0.234 e. The van der Waals surface area contributed by atoms with Gasteiger partial charge >= 0.3 is 0 Å². The van der Waals surface area contributed by atoms with Gasteiger partial charge in [0.1, 0.15) is 23.1 Å². The summed E-state index contributed by atoms with van der Waals surface area (Å²) in [6.07, 6.45) is 0. The molecule has 116 valence electrons. The molecular formula is C16H15F2NO2S. The Labute approximate surface area is 131 Å². The average molecular weight is 323 g/mol. The number of hydrogen-bond donors (Lipinski definition) is 1. The van der Waals surface area contributed by atoms with E-state index < -0.39 is 23.2 Å². The number of para-hydroxylation sites is 1. The summed E-state index contributed by atoms with van der Waals surface area (Å²) < 4.78 is 32.2. The minimum Gasteiger partial charge on any atom is -0.494 e. The second-order valence-corrected chi connectivity index (χ2v) is 5.39. The smallest absolute Gasteiger partial charge is 0.234 e. The molecule has 6 heteroatoms. The van der Waals surface area contributed by atoms with E-state index in [1.807, 2.05) is 19.1 Å². The number of amides is 1. The fraction of sp³-hybridized carbons (Fsp3) is 0.188. The van der Waals surface area contributed by atoms with Crippen LogP contribution in [0.1, 0.15) is 6.92 Å². The van der Waals surface area contributed by atoms with Crippen molar-refractivity contribution in [3.63, 3.8) is 0 Å². The summed E-state index contributed by atoms with van der Waals surface area (Å²) in [5, 5.41) is 2.25. The number of thioether (sulfide) groups is 1. The van der Waals surface area contributed by atoms with Crippen LogP contribution in [0.2, 0.25) is 0 Å². The zero-order valence-electron chi connectivity index (χ0n) is 11.9. The standard InChI is InChI=1S/C16H15F2NO2S/c1-2-21-11-6-8-12(9-7-11)22-10-15(20)19-16-13(17)4-3-5-14(16)18/h3-9H,2,10H2,1H3,(H,19,20). The first-order chi connectivity index (χ1) is 10.6. The van der Waals surface area contributed by atoms with E-state index in [1.165, 1.54) is 17.8 Å². The third-order valence-corrected chi connectivity index (χ3v) is 3.74. The molecule has 22 heavy (non-hydrogen) atoms. The number of ether oxygens (including phenoxy) is 1. The van der Waals surface area contributed by atoms with Crippen molar-refractivity contribution in [2.75, 3.05) is 17.7 Å². The maximum atomic E-state index is 13.4. The van der Waals surface area contributed by atoms with Gasteiger partial charge in [-0.05, 0) is 43.3 Å². The molecule has 1 amide bonds. The van der Waals surface area contributed by atoms with Crippen molar-refractivity contribution >= 4 is 23.4 Å². The summed E-state index contributed by atoms with van der Waals surface area (Å²) in [6.45, 7) is 2.48. The van der Waals surface area contributed by atoms with Gasteiger partial charge in [0.25, 0.3) is 0 Å². The van der Waals surface area contributed by atoms with Crippen LogP contribution in [0.5, 0.6) is 5.75 Å². The van der Waals surface area contributed by atoms with E-state index in [4.69, 9.17) is 4.74 Å². The van der Waals surface area contributed by atoms with Crippen LogP contribution in [0.3, 0.4) is 0 Å². The van der Waals surface area contributed by atoms with Crippen molar-refractivity contribution in [1.29, 1.82) is 0 Å². The van der Waals surface area contributed by atoms with Crippen LogP contribution in [0, 0.1) is 11.6 Å². The van der Waals surface area contributed by atoms with Crippen molar-refractivity contribution in [2.24, 2.45) is 0 Å². The van der Waals surface area contributed by atoms with Gasteiger partial charge in [-0.15, -0.1) is 11.8 Å². The molecule has 0 aliphatic heterocycles. The Morgan fingerprint density at radius 3 is 2.36 bits per heavy atom. The highest BCUT2D eigenvalue weighted by Crippen LogP contribution is 2.23. The lowest BCUT2D eigenvalue weighted by Crippen LogP contribution is -2.16. The lowest BCUT2D eigenvalue weighted by molar-refractivity contribution is -0.113. The number of rotatable bonds is 6. The van der Waals surface area contributed by atoms with Gasteiger partial charge in [-0.3, -0.25) is 4.79 Å². The molecule has 1 N–H and O–H groups in total. The summed E-state index contributed by atoms with van der Waals surface area (Å²) in [7, 11) is 0. The van der Waals surface area contributed by atoms with E-state index >= 15 is 0 Å². The first-order valence-electron chi connectivity index (χ1n) is 6.69. The Morgan fingerprint density at radius 2 is 1.77 bits per heavy atom. The van der Waals surface area contributed by atoms with Crippen molar-refractivity contribution in [3.05, 3.63) is 54.1 Å². The van der Waals surface area contributed by atoms with Crippen LogP contribution in [0.25, 0.3) is 0 Å². The van der Waals surface area contributed by atoms with Gasteiger partial charge in [-0.25, -0.2) is 8.78 Å². The Morgan fingerprint density at radius 1 is 1.14 bits per heavy atom. The van der Waals surface area contributed by atoms with Crippen molar-refractivity contribution < 1.29 is 18.3 Å². The zero-order valence-corrected chi connectivity index (χ0v) is 12.8. The topological polar surface area (TPSA) is 38.3 Å². The Balaban J connectivity index is 1.90. The van der Waals surface area contributed by atoms with Gasteiger partial charge in [-0.2, -0.15) is 0 Å². The van der Waals surface area contributed by atoms with Gasteiger partial charge in [0, 0.05) is 4.90 Å². The highest BCUT2D eigenvalue weighted by molar-refractivity contribution is 8.00. The molecule has 0 fully saturated rings. The van der Waals surface area contributed by atoms with Gasteiger partial charge in [0.05, 0.1) is 12.4 Å². The van der Waals surface area contributed by atoms with Crippen molar-refractivity contribution in [1.82, 2.24) is 0 Å². The lowest BCUT2D eigenvalue weighted by Gasteiger charge is -2.08. The number of carbonyl (C=O) groups excluding carboxylic acids is 1. The van der Waals surface area contributed by atoms with Crippen LogP contribution in [-0.4, -0.2) is 18.3 Å². The average Bonchev–Trinajstić information content (AvgIpc) is 2.51. The highest BCUT2D eigenvalue weighted by atomic mass is 32.2. The third-order valence-electron chi connectivity index (χ3n) is 2.73. The fourth-order valence-corrected chi connectivity index (χ4v) is 2.44. The lowest BCUT2D eigenvalue weighted by atomic mass is 10.3. The minimum atomic E-state index is -0.792. The van der Waals surface area contributed by atoms with Gasteiger partial charge in [0.15, 0.2) is 0 Å². The summed E-state index contributed by atoms with van der Waals surface area (Å²) >= 11 is 1.27. The predicted octanol–water partition coefficient (Wildman–Crippen LogP) is 4.09. The Bertz CT molecular complexity index is 627. The first kappa shape index (κ1) is 16.3. The number of benzene rings is 2. The van der Waals surface area contributed by atoms with Crippen LogP contribution in [0.15, 0.2) is 47.4 Å². The van der Waals surface area contributed by atoms with E-state index in [0.717, 1.165) is 22.8 Å². The monoisotopic (exact) mass is 323 g/mol. The Hall–Kier alpha value is -2.08. The molecule has 0 aromatic heterocycles. The van der Waals surface area contributed by atoms with Gasteiger partial charge < -0.3 is 10.1 Å². The van der Waals surface area contributed by atoms with Gasteiger partial charge in [0.2, 0.25) is 5.91 Å². The Kier molecular flexibility index (Phi) is 5.77. The molecule has 0 unspecified atom stereocenters. The maximum absolute atomic E-state index is 13.4. The number of hydrogen-bond acceptors (Lipinski definition) is 3. The van der Waals surface area contributed by atoms with E-state index in [0.29, 0.717) is 6.61 Å². The summed E-state index contributed by atoms with van der Waals surface area (Å²) in [6, 6.07) is 10.7. The van der Waals surface area contributed by atoms with Crippen LogP contribution in [-0.2, 0) is 4.79 Å². The predicted molar refractivity (Wildman–Crippen MR) is 83.3 cm³/mol. The minimum absolute atomic E-state index is 0.0573. The van der Waals surface area contributed by atoms with Crippen LogP contribution in [0.4, 0.5) is 14.5 Å². The third kappa shape index (κ3) is 4.46. The van der Waals surface area contributed by atoms with Crippen molar-refractivity contribution in [3.8, 4) is 5.75 Å². The molecule has 0 bridgehead atoms. The SMILES string of the molecule is CCOc1ccc(SCC(=O)Nc2c(F)cccc2F)cc1.